The largest absolute Gasteiger partial charge is 0.444 e. The van der Waals surface area contributed by atoms with Crippen molar-refractivity contribution in [2.75, 3.05) is 5.32 Å². The van der Waals surface area contributed by atoms with Gasteiger partial charge in [-0.05, 0) is 39.3 Å². The van der Waals surface area contributed by atoms with Crippen LogP contribution in [0.4, 0.5) is 29.3 Å². The van der Waals surface area contributed by atoms with Gasteiger partial charge in [0.05, 0.1) is 10.5 Å². The summed E-state index contributed by atoms with van der Waals surface area (Å²) in [5.41, 5.74) is -3.59. The zero-order valence-electron chi connectivity index (χ0n) is 13.5. The van der Waals surface area contributed by atoms with E-state index >= 15 is 0 Å². The Labute approximate surface area is 136 Å². The van der Waals surface area contributed by atoms with E-state index in [4.69, 9.17) is 4.74 Å². The van der Waals surface area contributed by atoms with Crippen LogP contribution in [-0.4, -0.2) is 16.6 Å². The number of alkyl halides is 3. The van der Waals surface area contributed by atoms with Crippen LogP contribution in [0.25, 0.3) is 6.08 Å². The molecule has 0 bridgehead atoms. The molecular weight excluding hydrogens is 329 g/mol. The molecule has 0 saturated heterocycles. The summed E-state index contributed by atoms with van der Waals surface area (Å²) in [5, 5.41) is 13.2. The van der Waals surface area contributed by atoms with E-state index in [9.17, 15) is 28.1 Å². The van der Waals surface area contributed by atoms with Crippen molar-refractivity contribution in [2.45, 2.75) is 39.5 Å². The predicted molar refractivity (Wildman–Crippen MR) is 82.7 cm³/mol. The minimum absolute atomic E-state index is 0.304. The smallest absolute Gasteiger partial charge is 0.417 e. The summed E-state index contributed by atoms with van der Waals surface area (Å²) in [6.45, 7) is 6.25. The van der Waals surface area contributed by atoms with Crippen LogP contribution in [0.1, 0.15) is 38.8 Å². The second kappa shape index (κ2) is 6.90. The molecule has 0 fully saturated rings. The number of anilines is 1. The van der Waals surface area contributed by atoms with Crippen LogP contribution in [0, 0.1) is 10.1 Å². The van der Waals surface area contributed by atoms with E-state index in [1.807, 2.05) is 0 Å². The second-order valence-electron chi connectivity index (χ2n) is 5.84. The van der Waals surface area contributed by atoms with Crippen LogP contribution in [0.2, 0.25) is 0 Å². The van der Waals surface area contributed by atoms with E-state index in [-0.39, 0.29) is 11.3 Å². The molecule has 0 atom stereocenters. The number of rotatable bonds is 3. The lowest BCUT2D eigenvalue weighted by atomic mass is 10.0. The van der Waals surface area contributed by atoms with Crippen LogP contribution in [-0.2, 0) is 10.9 Å². The first kappa shape index (κ1) is 19.5. The number of nitro benzene ring substituents is 1. The van der Waals surface area contributed by atoms with Gasteiger partial charge < -0.3 is 4.74 Å². The fourth-order valence-electron chi connectivity index (χ4n) is 1.83. The van der Waals surface area contributed by atoms with Crippen LogP contribution < -0.4 is 5.32 Å². The Balaban J connectivity index is 3.41. The van der Waals surface area contributed by atoms with Crippen molar-refractivity contribution in [1.82, 2.24) is 0 Å². The minimum Gasteiger partial charge on any atom is -0.444 e. The zero-order valence-corrected chi connectivity index (χ0v) is 13.5. The fraction of sp³-hybridized carbons (Fsp3) is 0.400. The first-order valence-electron chi connectivity index (χ1n) is 6.87. The number of nitrogens with zero attached hydrogens (tertiary/aromatic N) is 1. The number of carbonyl (C=O) groups excluding carboxylic acids is 1. The quantitative estimate of drug-likeness (QED) is 0.617. The molecule has 0 aromatic heterocycles. The average molecular weight is 346 g/mol. The maximum atomic E-state index is 13.1. The Morgan fingerprint density at radius 1 is 1.29 bits per heavy atom. The molecule has 0 heterocycles. The summed E-state index contributed by atoms with van der Waals surface area (Å²) in [5.74, 6) is 0. The highest BCUT2D eigenvalue weighted by atomic mass is 19.4. The number of hydrogen-bond acceptors (Lipinski definition) is 4. The van der Waals surface area contributed by atoms with Gasteiger partial charge in [-0.15, -0.1) is 0 Å². The predicted octanol–water partition coefficient (Wildman–Crippen LogP) is 4.99. The van der Waals surface area contributed by atoms with E-state index in [1.54, 1.807) is 20.8 Å². The number of nitro groups is 1. The number of nitrogens with one attached hydrogen (secondary N) is 1. The third kappa shape index (κ3) is 5.25. The van der Waals surface area contributed by atoms with Crippen molar-refractivity contribution in [2.24, 2.45) is 0 Å². The van der Waals surface area contributed by atoms with Gasteiger partial charge in [-0.3, -0.25) is 15.4 Å². The maximum Gasteiger partial charge on any atom is 0.417 e. The molecule has 1 aromatic carbocycles. The molecule has 0 aliphatic heterocycles. The van der Waals surface area contributed by atoms with Gasteiger partial charge in [0.15, 0.2) is 0 Å². The zero-order chi connectivity index (χ0) is 18.7. The Hall–Kier alpha value is -2.58. The van der Waals surface area contributed by atoms with Crippen LogP contribution in [0.15, 0.2) is 18.2 Å². The number of hydrogen-bond donors (Lipinski definition) is 1. The van der Waals surface area contributed by atoms with Crippen molar-refractivity contribution in [3.63, 3.8) is 0 Å². The standard InChI is InChI=1S/C15H17F3N2O4/c1-5-6-9-7-11(19-13(21)24-14(2,3)4)12(20(22)23)8-10(9)15(16,17)18/h5-8H,1-4H3,(H,19,21)/b6-5+. The summed E-state index contributed by atoms with van der Waals surface area (Å²) < 4.78 is 44.2. The van der Waals surface area contributed by atoms with Crippen LogP contribution in [0.5, 0.6) is 0 Å². The summed E-state index contributed by atoms with van der Waals surface area (Å²) in [4.78, 5) is 21.8. The summed E-state index contributed by atoms with van der Waals surface area (Å²) in [6, 6.07) is 1.28. The van der Waals surface area contributed by atoms with Gasteiger partial charge in [-0.1, -0.05) is 12.2 Å². The molecule has 0 aliphatic carbocycles. The second-order valence-corrected chi connectivity index (χ2v) is 5.84. The van der Waals surface area contributed by atoms with Crippen molar-refractivity contribution in [3.05, 3.63) is 39.4 Å². The third-order valence-corrected chi connectivity index (χ3v) is 2.65. The Morgan fingerprint density at radius 2 is 1.88 bits per heavy atom. The molecule has 9 heteroatoms. The number of amides is 1. The average Bonchev–Trinajstić information content (AvgIpc) is 2.34. The molecular formula is C15H17F3N2O4. The van der Waals surface area contributed by atoms with Gasteiger partial charge in [0.2, 0.25) is 0 Å². The molecule has 1 rings (SSSR count). The summed E-state index contributed by atoms with van der Waals surface area (Å²) >= 11 is 0. The van der Waals surface area contributed by atoms with Crippen molar-refractivity contribution in [3.8, 4) is 0 Å². The minimum atomic E-state index is -4.77. The lowest BCUT2D eigenvalue weighted by Crippen LogP contribution is -2.27. The van der Waals surface area contributed by atoms with E-state index in [0.717, 1.165) is 12.1 Å². The number of benzene rings is 1. The molecule has 1 aromatic rings. The van der Waals surface area contributed by atoms with Gasteiger partial charge in [-0.25, -0.2) is 4.79 Å². The number of ether oxygens (including phenoxy) is 1. The third-order valence-electron chi connectivity index (χ3n) is 2.65. The van der Waals surface area contributed by atoms with E-state index in [2.05, 4.69) is 5.32 Å². The lowest BCUT2D eigenvalue weighted by Gasteiger charge is -2.20. The Kier molecular flexibility index (Phi) is 5.59. The molecule has 0 saturated carbocycles. The van der Waals surface area contributed by atoms with E-state index in [0.29, 0.717) is 6.07 Å². The topological polar surface area (TPSA) is 81.5 Å². The molecule has 1 amide bonds. The molecule has 0 aliphatic rings. The normalized spacial score (nSPS) is 12.3. The van der Waals surface area contributed by atoms with Gasteiger partial charge in [0.1, 0.15) is 11.3 Å². The van der Waals surface area contributed by atoms with Gasteiger partial charge >= 0.3 is 12.3 Å². The highest BCUT2D eigenvalue weighted by Crippen LogP contribution is 2.38. The molecule has 24 heavy (non-hydrogen) atoms. The van der Waals surface area contributed by atoms with Crippen molar-refractivity contribution >= 4 is 23.5 Å². The lowest BCUT2D eigenvalue weighted by molar-refractivity contribution is -0.384. The van der Waals surface area contributed by atoms with Crippen LogP contribution in [0.3, 0.4) is 0 Å². The molecule has 6 nitrogen and oxygen atoms in total. The SMILES string of the molecule is C/C=C/c1cc(NC(=O)OC(C)(C)C)c([N+](=O)[O-])cc1C(F)(F)F. The summed E-state index contributed by atoms with van der Waals surface area (Å²) in [7, 11) is 0. The fourth-order valence-corrected chi connectivity index (χ4v) is 1.83. The highest BCUT2D eigenvalue weighted by Gasteiger charge is 2.36. The molecule has 1 N–H and O–H groups in total. The van der Waals surface area contributed by atoms with Gasteiger partial charge in [0, 0.05) is 6.07 Å². The maximum absolute atomic E-state index is 13.1. The molecule has 0 unspecified atom stereocenters. The highest BCUT2D eigenvalue weighted by molar-refractivity contribution is 5.89. The molecule has 132 valence electrons. The van der Waals surface area contributed by atoms with Crippen molar-refractivity contribution in [1.29, 1.82) is 0 Å². The van der Waals surface area contributed by atoms with Gasteiger partial charge in [0.25, 0.3) is 5.69 Å². The Bertz CT molecular complexity index is 677. The number of halogens is 3. The first-order chi connectivity index (χ1) is 10.8. The van der Waals surface area contributed by atoms with E-state index < -0.39 is 34.0 Å². The monoisotopic (exact) mass is 346 g/mol. The summed E-state index contributed by atoms with van der Waals surface area (Å²) in [6.07, 6.45) is -3.28. The Morgan fingerprint density at radius 3 is 2.29 bits per heavy atom. The molecule has 0 radical (unpaired) electrons. The van der Waals surface area contributed by atoms with Crippen LogP contribution >= 0.6 is 0 Å². The number of carbonyl (C=O) groups is 1. The van der Waals surface area contributed by atoms with Crippen molar-refractivity contribution < 1.29 is 27.6 Å². The first-order valence-corrected chi connectivity index (χ1v) is 6.87. The number of allylic oxidation sites excluding steroid dienone is 1. The van der Waals surface area contributed by atoms with Gasteiger partial charge in [-0.2, -0.15) is 13.2 Å². The van der Waals surface area contributed by atoms with E-state index in [1.165, 1.54) is 13.0 Å². The molecule has 0 spiro atoms.